The second-order valence-corrected chi connectivity index (χ2v) is 8.20. The summed E-state index contributed by atoms with van der Waals surface area (Å²) in [6, 6.07) is 5.47. The van der Waals surface area contributed by atoms with Crippen molar-refractivity contribution in [2.75, 3.05) is 37.0 Å². The van der Waals surface area contributed by atoms with Gasteiger partial charge in [0.25, 0.3) is 0 Å². The minimum absolute atomic E-state index is 0.0456. The summed E-state index contributed by atoms with van der Waals surface area (Å²) in [6.07, 6.45) is 2.65. The molecular weight excluding hydrogens is 436 g/mol. The van der Waals surface area contributed by atoms with Crippen molar-refractivity contribution in [2.24, 2.45) is 5.92 Å². The van der Waals surface area contributed by atoms with Crippen LogP contribution < -0.4 is 15.0 Å². The first-order chi connectivity index (χ1) is 15.5. The predicted molar refractivity (Wildman–Crippen MR) is 120 cm³/mol. The van der Waals surface area contributed by atoms with Crippen molar-refractivity contribution in [3.05, 3.63) is 34.6 Å². The fraction of sp³-hybridized carbons (Fsp3) is 0.400. The zero-order valence-electron chi connectivity index (χ0n) is 17.6. The molecule has 1 atom stereocenters. The maximum Gasteiger partial charge on any atom is 0.353 e. The van der Waals surface area contributed by atoms with Gasteiger partial charge in [0.2, 0.25) is 11.6 Å². The minimum atomic E-state index is -0.512. The van der Waals surface area contributed by atoms with Gasteiger partial charge in [-0.3, -0.25) is 14.9 Å². The maximum absolute atomic E-state index is 12.2. The number of methoxy groups -OCH3 is 1. The third kappa shape index (κ3) is 4.40. The average molecular weight is 459 g/mol. The van der Waals surface area contributed by atoms with Crippen molar-refractivity contribution < 1.29 is 19.2 Å². The molecule has 0 amide bonds. The highest BCUT2D eigenvalue weighted by molar-refractivity contribution is 7.22. The van der Waals surface area contributed by atoms with Crippen molar-refractivity contribution in [3.8, 4) is 5.75 Å². The van der Waals surface area contributed by atoms with Crippen LogP contribution in [0.15, 0.2) is 24.5 Å². The number of carbonyl (C=O) groups excluding carboxylic acids is 1. The highest BCUT2D eigenvalue weighted by Gasteiger charge is 2.33. The number of hydrogen-bond donors (Lipinski definition) is 1. The molecule has 0 spiro atoms. The highest BCUT2D eigenvalue weighted by Crippen LogP contribution is 2.37. The quantitative estimate of drug-likeness (QED) is 0.318. The molecule has 32 heavy (non-hydrogen) atoms. The summed E-state index contributed by atoms with van der Waals surface area (Å²) in [5, 5.41) is 15.4. The average Bonchev–Trinajstić information content (AvgIpc) is 3.20. The third-order valence-corrected chi connectivity index (χ3v) is 6.08. The molecule has 2 aromatic heterocycles. The molecule has 3 aromatic rings. The Morgan fingerprint density at radius 2 is 2.25 bits per heavy atom. The molecule has 0 radical (unpaired) electrons. The van der Waals surface area contributed by atoms with Crippen LogP contribution in [0.25, 0.3) is 10.2 Å². The van der Waals surface area contributed by atoms with Crippen LogP contribution in [-0.4, -0.2) is 52.7 Å². The Balaban J connectivity index is 1.64. The third-order valence-electron chi connectivity index (χ3n) is 5.15. The maximum atomic E-state index is 12.2. The number of ether oxygens (including phenoxy) is 2. The van der Waals surface area contributed by atoms with Crippen molar-refractivity contribution in [2.45, 2.75) is 19.8 Å². The fourth-order valence-corrected chi connectivity index (χ4v) is 4.56. The molecular formula is C20H22N6O5S. The van der Waals surface area contributed by atoms with Crippen LogP contribution in [0, 0.1) is 16.0 Å². The van der Waals surface area contributed by atoms with Crippen LogP contribution >= 0.6 is 11.3 Å². The number of nitrogens with one attached hydrogen (secondary N) is 1. The number of nitro groups is 1. The first-order valence-electron chi connectivity index (χ1n) is 10.1. The molecule has 0 bridgehead atoms. The molecule has 0 aliphatic carbocycles. The van der Waals surface area contributed by atoms with Crippen LogP contribution in [-0.2, 0) is 9.53 Å². The first-order valence-corrected chi connectivity index (χ1v) is 10.9. The van der Waals surface area contributed by atoms with Crippen LogP contribution in [0.1, 0.15) is 19.8 Å². The van der Waals surface area contributed by atoms with Crippen LogP contribution in [0.2, 0.25) is 0 Å². The molecule has 168 valence electrons. The monoisotopic (exact) mass is 458 g/mol. The molecule has 3 heterocycles. The first kappa shape index (κ1) is 21.7. The number of anilines is 3. The molecule has 1 unspecified atom stereocenters. The van der Waals surface area contributed by atoms with Gasteiger partial charge in [-0.1, -0.05) is 11.3 Å². The topological polar surface area (TPSA) is 133 Å². The summed E-state index contributed by atoms with van der Waals surface area (Å²) in [7, 11) is 1.58. The van der Waals surface area contributed by atoms with Crippen molar-refractivity contribution in [1.82, 2.24) is 15.0 Å². The number of nitrogens with zero attached hydrogens (tertiary/aromatic N) is 5. The smallest absolute Gasteiger partial charge is 0.353 e. The van der Waals surface area contributed by atoms with E-state index in [-0.39, 0.29) is 29.2 Å². The summed E-state index contributed by atoms with van der Waals surface area (Å²) < 4.78 is 11.2. The van der Waals surface area contributed by atoms with Gasteiger partial charge in [-0.25, -0.2) is 15.0 Å². The van der Waals surface area contributed by atoms with Gasteiger partial charge >= 0.3 is 11.7 Å². The molecule has 1 N–H and O–H groups in total. The van der Waals surface area contributed by atoms with E-state index in [0.29, 0.717) is 43.4 Å². The standard InChI is InChI=1S/C20H22N6O5S/c1-3-31-19(27)12-5-4-8-25(10-12)18-16(26(28)29)17(21-11-22-18)24-20-23-14-7-6-13(30-2)9-15(14)32-20/h6-7,9,11-12H,3-5,8,10H2,1-2H3,(H,21,22,23,24). The van der Waals surface area contributed by atoms with Crippen LogP contribution in [0.3, 0.4) is 0 Å². The van der Waals surface area contributed by atoms with E-state index < -0.39 is 4.92 Å². The van der Waals surface area contributed by atoms with Gasteiger partial charge in [0, 0.05) is 13.1 Å². The molecule has 1 aliphatic rings. The van der Waals surface area contributed by atoms with E-state index in [9.17, 15) is 14.9 Å². The summed E-state index contributed by atoms with van der Waals surface area (Å²) in [6.45, 7) is 2.90. The molecule has 1 aliphatic heterocycles. The Bertz CT molecular complexity index is 1150. The number of aromatic nitrogens is 3. The van der Waals surface area contributed by atoms with Crippen molar-refractivity contribution in [1.29, 1.82) is 0 Å². The Morgan fingerprint density at radius 3 is 3.00 bits per heavy atom. The lowest BCUT2D eigenvalue weighted by Gasteiger charge is -2.32. The van der Waals surface area contributed by atoms with Gasteiger partial charge in [-0.05, 0) is 38.0 Å². The fourth-order valence-electron chi connectivity index (χ4n) is 3.67. The Kier molecular flexibility index (Phi) is 6.30. The Hall–Kier alpha value is -3.54. The second kappa shape index (κ2) is 9.30. The van der Waals surface area contributed by atoms with E-state index in [0.717, 1.165) is 10.2 Å². The number of rotatable bonds is 7. The molecule has 12 heteroatoms. The van der Waals surface area contributed by atoms with E-state index in [1.165, 1.54) is 17.7 Å². The normalized spacial score (nSPS) is 16.1. The number of piperidine rings is 1. The minimum Gasteiger partial charge on any atom is -0.497 e. The van der Waals surface area contributed by atoms with E-state index in [4.69, 9.17) is 9.47 Å². The molecule has 11 nitrogen and oxygen atoms in total. The van der Waals surface area contributed by atoms with Crippen LogP contribution in [0.4, 0.5) is 22.5 Å². The van der Waals surface area contributed by atoms with E-state index >= 15 is 0 Å². The number of thiazole rings is 1. The summed E-state index contributed by atoms with van der Waals surface area (Å²) >= 11 is 1.33. The van der Waals surface area contributed by atoms with Gasteiger partial charge < -0.3 is 19.7 Å². The van der Waals surface area contributed by atoms with Gasteiger partial charge in [-0.15, -0.1) is 0 Å². The summed E-state index contributed by atoms with van der Waals surface area (Å²) in [5.74, 6) is 0.267. The van der Waals surface area contributed by atoms with Crippen LogP contribution in [0.5, 0.6) is 5.75 Å². The number of benzene rings is 1. The van der Waals surface area contributed by atoms with E-state index in [2.05, 4.69) is 20.3 Å². The predicted octanol–water partition coefficient (Wildman–Crippen LogP) is 3.53. The lowest BCUT2D eigenvalue weighted by molar-refractivity contribution is -0.383. The molecule has 0 saturated carbocycles. The van der Waals surface area contributed by atoms with E-state index in [1.54, 1.807) is 25.0 Å². The number of carbonyl (C=O) groups is 1. The van der Waals surface area contributed by atoms with Gasteiger partial charge in [0.05, 0.1) is 34.8 Å². The van der Waals surface area contributed by atoms with Crippen molar-refractivity contribution in [3.63, 3.8) is 0 Å². The largest absolute Gasteiger partial charge is 0.497 e. The molecule has 4 rings (SSSR count). The lowest BCUT2D eigenvalue weighted by Crippen LogP contribution is -2.40. The van der Waals surface area contributed by atoms with Gasteiger partial charge in [0.15, 0.2) is 5.13 Å². The number of hydrogen-bond acceptors (Lipinski definition) is 11. The summed E-state index contributed by atoms with van der Waals surface area (Å²) in [5.41, 5.74) is 0.484. The summed E-state index contributed by atoms with van der Waals surface area (Å²) in [4.78, 5) is 38.2. The Labute approximate surface area is 187 Å². The van der Waals surface area contributed by atoms with Gasteiger partial charge in [0.1, 0.15) is 12.1 Å². The molecule has 1 aromatic carbocycles. The lowest BCUT2D eigenvalue weighted by atomic mass is 9.98. The van der Waals surface area contributed by atoms with Crippen molar-refractivity contribution >= 4 is 50.0 Å². The van der Waals surface area contributed by atoms with Gasteiger partial charge in [-0.2, -0.15) is 0 Å². The number of esters is 1. The number of fused-ring (bicyclic) bond motifs is 1. The SMILES string of the molecule is CCOC(=O)C1CCCN(c2ncnc(Nc3nc4ccc(OC)cc4s3)c2[N+](=O)[O-])C1. The zero-order chi connectivity index (χ0) is 22.7. The highest BCUT2D eigenvalue weighted by atomic mass is 32.1. The second-order valence-electron chi connectivity index (χ2n) is 7.17. The zero-order valence-corrected chi connectivity index (χ0v) is 18.4. The van der Waals surface area contributed by atoms with E-state index in [1.807, 2.05) is 12.1 Å². The molecule has 1 saturated heterocycles. The molecule has 1 fully saturated rings. The Morgan fingerprint density at radius 1 is 1.41 bits per heavy atom.